The number of rotatable bonds is 8. The van der Waals surface area contributed by atoms with Crippen molar-refractivity contribution < 1.29 is 14.3 Å². The van der Waals surface area contributed by atoms with Gasteiger partial charge in [0.1, 0.15) is 5.75 Å². The third-order valence-corrected chi connectivity index (χ3v) is 4.37. The molecule has 2 amide bonds. The lowest BCUT2D eigenvalue weighted by molar-refractivity contribution is -0.135. The molecule has 6 nitrogen and oxygen atoms in total. The first kappa shape index (κ1) is 19.2. The monoisotopic (exact) mass is 347 g/mol. The number of nitrogens with one attached hydrogen (secondary N) is 1. The number of hydrogen-bond acceptors (Lipinski definition) is 4. The number of nitrogens with zero attached hydrogens (tertiary/aromatic N) is 2. The predicted molar refractivity (Wildman–Crippen MR) is 98.8 cm³/mol. The summed E-state index contributed by atoms with van der Waals surface area (Å²) in [4.78, 5) is 27.9. The third kappa shape index (κ3) is 6.38. The second-order valence-corrected chi connectivity index (χ2v) is 6.29. The average molecular weight is 347 g/mol. The first-order valence-corrected chi connectivity index (χ1v) is 9.15. The molecule has 0 atom stereocenters. The van der Waals surface area contributed by atoms with Crippen LogP contribution in [0.25, 0.3) is 0 Å². The minimum atomic E-state index is -0.0260. The van der Waals surface area contributed by atoms with Gasteiger partial charge in [-0.1, -0.05) is 20.3 Å². The van der Waals surface area contributed by atoms with Gasteiger partial charge in [0.2, 0.25) is 5.91 Å². The van der Waals surface area contributed by atoms with E-state index in [1.807, 2.05) is 11.8 Å². The second-order valence-electron chi connectivity index (χ2n) is 6.29. The van der Waals surface area contributed by atoms with Crippen LogP contribution in [-0.4, -0.2) is 60.9 Å². The molecule has 0 aromatic heterocycles. The molecule has 1 aromatic carbocycles. The zero-order chi connectivity index (χ0) is 18.1. The highest BCUT2D eigenvalue weighted by molar-refractivity contribution is 5.90. The van der Waals surface area contributed by atoms with Gasteiger partial charge in [0.05, 0.1) is 0 Å². The molecule has 2 rings (SSSR count). The van der Waals surface area contributed by atoms with Crippen LogP contribution in [0.1, 0.15) is 33.1 Å². The molecule has 1 saturated heterocycles. The number of hydrogen-bond donors (Lipinski definition) is 1. The maximum atomic E-state index is 12.3. The van der Waals surface area contributed by atoms with Crippen LogP contribution in [-0.2, 0) is 9.59 Å². The van der Waals surface area contributed by atoms with Crippen LogP contribution in [0.5, 0.6) is 5.75 Å². The Morgan fingerprint density at radius 1 is 1.08 bits per heavy atom. The van der Waals surface area contributed by atoms with Gasteiger partial charge in [0.25, 0.3) is 5.91 Å². The first-order chi connectivity index (χ1) is 12.1. The van der Waals surface area contributed by atoms with Crippen LogP contribution < -0.4 is 10.1 Å². The lowest BCUT2D eigenvalue weighted by Crippen LogP contribution is -2.50. The van der Waals surface area contributed by atoms with E-state index >= 15 is 0 Å². The van der Waals surface area contributed by atoms with Crippen LogP contribution >= 0.6 is 0 Å². The number of benzene rings is 1. The largest absolute Gasteiger partial charge is 0.484 e. The number of carbonyl (C=O) groups excluding carboxylic acids is 2. The summed E-state index contributed by atoms with van der Waals surface area (Å²) in [5.41, 5.74) is 0.730. The normalized spacial score (nSPS) is 15.0. The van der Waals surface area contributed by atoms with Crippen LogP contribution in [0.2, 0.25) is 0 Å². The molecule has 1 heterocycles. The summed E-state index contributed by atoms with van der Waals surface area (Å²) in [6.07, 6.45) is 2.86. The van der Waals surface area contributed by atoms with Gasteiger partial charge in [0.15, 0.2) is 6.61 Å². The minimum absolute atomic E-state index is 0.0260. The quantitative estimate of drug-likeness (QED) is 0.784. The summed E-state index contributed by atoms with van der Waals surface area (Å²) in [5.74, 6) is 0.629. The Balaban J connectivity index is 1.72. The minimum Gasteiger partial charge on any atom is -0.484 e. The molecule has 1 fully saturated rings. The van der Waals surface area contributed by atoms with Crippen LogP contribution in [0.15, 0.2) is 24.3 Å². The summed E-state index contributed by atoms with van der Waals surface area (Å²) >= 11 is 0. The highest BCUT2D eigenvalue weighted by atomic mass is 16.5. The van der Waals surface area contributed by atoms with Gasteiger partial charge in [-0.3, -0.25) is 14.5 Å². The number of anilines is 1. The summed E-state index contributed by atoms with van der Waals surface area (Å²) in [7, 11) is 0. The van der Waals surface area contributed by atoms with E-state index in [2.05, 4.69) is 17.1 Å². The molecule has 0 saturated carbocycles. The zero-order valence-corrected chi connectivity index (χ0v) is 15.3. The fraction of sp³-hybridized carbons (Fsp3) is 0.579. The topological polar surface area (TPSA) is 61.9 Å². The Labute approximate surface area is 150 Å². The van der Waals surface area contributed by atoms with Gasteiger partial charge in [-0.15, -0.1) is 0 Å². The summed E-state index contributed by atoms with van der Waals surface area (Å²) in [6, 6.07) is 7.09. The molecule has 0 unspecified atom stereocenters. The molecule has 138 valence electrons. The number of carbonyl (C=O) groups is 2. The van der Waals surface area contributed by atoms with Crippen LogP contribution in [0, 0.1) is 0 Å². The van der Waals surface area contributed by atoms with Crippen molar-refractivity contribution >= 4 is 17.5 Å². The van der Waals surface area contributed by atoms with E-state index in [1.54, 1.807) is 24.3 Å². The molecule has 1 aliphatic rings. The highest BCUT2D eigenvalue weighted by Crippen LogP contribution is 2.16. The predicted octanol–water partition coefficient (Wildman–Crippen LogP) is 2.36. The van der Waals surface area contributed by atoms with Crippen molar-refractivity contribution in [2.75, 3.05) is 44.6 Å². The lowest BCUT2D eigenvalue weighted by Gasteiger charge is -2.34. The van der Waals surface area contributed by atoms with Gasteiger partial charge in [-0.25, -0.2) is 0 Å². The first-order valence-electron chi connectivity index (χ1n) is 9.15. The molecule has 0 bridgehead atoms. The van der Waals surface area contributed by atoms with E-state index < -0.39 is 0 Å². The molecule has 0 spiro atoms. The number of amides is 2. The summed E-state index contributed by atoms with van der Waals surface area (Å²) < 4.78 is 5.58. The fourth-order valence-corrected chi connectivity index (χ4v) is 2.72. The lowest BCUT2D eigenvalue weighted by atomic mass is 10.2. The Kier molecular flexibility index (Phi) is 7.73. The van der Waals surface area contributed by atoms with E-state index in [9.17, 15) is 9.59 Å². The average Bonchev–Trinajstić information content (AvgIpc) is 2.65. The SMILES string of the molecule is CCCCN1CCN(C(=O)COc2ccc(NC(=O)CC)cc2)CC1. The number of ether oxygens (including phenoxy) is 1. The molecule has 25 heavy (non-hydrogen) atoms. The zero-order valence-electron chi connectivity index (χ0n) is 15.3. The van der Waals surface area contributed by atoms with Crippen molar-refractivity contribution in [3.63, 3.8) is 0 Å². The molecule has 1 aromatic rings. The van der Waals surface area contributed by atoms with Gasteiger partial charge in [-0.2, -0.15) is 0 Å². The molecule has 1 aliphatic heterocycles. The molecule has 0 radical (unpaired) electrons. The van der Waals surface area contributed by atoms with Crippen LogP contribution in [0.3, 0.4) is 0 Å². The molecular weight excluding hydrogens is 318 g/mol. The summed E-state index contributed by atoms with van der Waals surface area (Å²) in [6.45, 7) is 8.60. The fourth-order valence-electron chi connectivity index (χ4n) is 2.72. The van der Waals surface area contributed by atoms with Crippen molar-refractivity contribution in [3.05, 3.63) is 24.3 Å². The van der Waals surface area contributed by atoms with E-state index in [0.29, 0.717) is 12.2 Å². The Bertz CT molecular complexity index is 552. The van der Waals surface area contributed by atoms with Gasteiger partial charge in [0, 0.05) is 38.3 Å². The Morgan fingerprint density at radius 2 is 1.76 bits per heavy atom. The molecule has 1 N–H and O–H groups in total. The van der Waals surface area contributed by atoms with E-state index in [1.165, 1.54) is 12.8 Å². The number of unbranched alkanes of at least 4 members (excludes halogenated alkanes) is 1. The second kappa shape index (κ2) is 10.0. The van der Waals surface area contributed by atoms with Crippen molar-refractivity contribution in [2.45, 2.75) is 33.1 Å². The van der Waals surface area contributed by atoms with Crippen molar-refractivity contribution in [3.8, 4) is 5.75 Å². The van der Waals surface area contributed by atoms with Gasteiger partial charge >= 0.3 is 0 Å². The van der Waals surface area contributed by atoms with Gasteiger partial charge in [-0.05, 0) is 37.2 Å². The standard InChI is InChI=1S/C19H29N3O3/c1-3-5-10-21-11-13-22(14-12-21)19(24)15-25-17-8-6-16(7-9-17)20-18(23)4-2/h6-9H,3-5,10-15H2,1-2H3,(H,20,23). The van der Waals surface area contributed by atoms with E-state index in [4.69, 9.17) is 4.74 Å². The Hall–Kier alpha value is -2.08. The smallest absolute Gasteiger partial charge is 0.260 e. The third-order valence-electron chi connectivity index (χ3n) is 4.37. The van der Waals surface area contributed by atoms with Crippen molar-refractivity contribution in [1.29, 1.82) is 0 Å². The molecular formula is C19H29N3O3. The Morgan fingerprint density at radius 3 is 2.36 bits per heavy atom. The maximum absolute atomic E-state index is 12.3. The molecule has 0 aliphatic carbocycles. The van der Waals surface area contributed by atoms with Crippen LogP contribution in [0.4, 0.5) is 5.69 Å². The van der Waals surface area contributed by atoms with E-state index in [-0.39, 0.29) is 18.4 Å². The van der Waals surface area contributed by atoms with Crippen molar-refractivity contribution in [2.24, 2.45) is 0 Å². The summed E-state index contributed by atoms with van der Waals surface area (Å²) in [5, 5.41) is 2.78. The maximum Gasteiger partial charge on any atom is 0.260 e. The van der Waals surface area contributed by atoms with Gasteiger partial charge < -0.3 is 15.0 Å². The highest BCUT2D eigenvalue weighted by Gasteiger charge is 2.20. The van der Waals surface area contributed by atoms with E-state index in [0.717, 1.165) is 38.4 Å². The molecule has 6 heteroatoms. The van der Waals surface area contributed by atoms with Crippen molar-refractivity contribution in [1.82, 2.24) is 9.80 Å². The number of piperazine rings is 1.